The number of hydrogen-bond donors (Lipinski definition) is 1. The van der Waals surface area contributed by atoms with Crippen molar-refractivity contribution in [2.75, 3.05) is 13.1 Å². The molecule has 6 rings (SSSR count). The number of nitrogens with one attached hydrogen (secondary N) is 1. The zero-order chi connectivity index (χ0) is 26.1. The van der Waals surface area contributed by atoms with Gasteiger partial charge in [-0.3, -0.25) is 9.69 Å². The van der Waals surface area contributed by atoms with E-state index in [0.29, 0.717) is 12.0 Å². The van der Waals surface area contributed by atoms with Crippen LogP contribution < -0.4 is 5.56 Å². The van der Waals surface area contributed by atoms with Gasteiger partial charge in [-0.25, -0.2) is 4.68 Å². The van der Waals surface area contributed by atoms with Crippen LogP contribution >= 0.6 is 0 Å². The summed E-state index contributed by atoms with van der Waals surface area (Å²) in [7, 11) is 0. The molecule has 1 saturated heterocycles. The minimum Gasteiger partial charge on any atom is -0.322 e. The van der Waals surface area contributed by atoms with E-state index in [9.17, 15) is 4.79 Å². The Labute approximate surface area is 224 Å². The predicted octanol–water partition coefficient (Wildman–Crippen LogP) is 5.68. The van der Waals surface area contributed by atoms with Crippen LogP contribution in [0.5, 0.6) is 0 Å². The van der Waals surface area contributed by atoms with Gasteiger partial charge in [0, 0.05) is 11.1 Å². The van der Waals surface area contributed by atoms with Crippen molar-refractivity contribution in [1.29, 1.82) is 0 Å². The topological polar surface area (TPSA) is 79.7 Å². The lowest BCUT2D eigenvalue weighted by atomic mass is 9.88. The Bertz CT molecular complexity index is 1440. The van der Waals surface area contributed by atoms with Crippen LogP contribution in [0.3, 0.4) is 0 Å². The van der Waals surface area contributed by atoms with E-state index in [0.717, 1.165) is 67.5 Å². The maximum atomic E-state index is 13.6. The molecule has 3 heterocycles. The number of aromatic nitrogens is 5. The Morgan fingerprint density at radius 3 is 2.45 bits per heavy atom. The molecule has 38 heavy (non-hydrogen) atoms. The fourth-order valence-corrected chi connectivity index (χ4v) is 6.52. The molecule has 2 aliphatic rings. The molecule has 0 radical (unpaired) electrons. The molecule has 198 valence electrons. The van der Waals surface area contributed by atoms with Crippen molar-refractivity contribution >= 4 is 10.9 Å². The molecule has 4 aromatic rings. The first-order valence-electron chi connectivity index (χ1n) is 14.3. The van der Waals surface area contributed by atoms with Crippen LogP contribution in [-0.4, -0.2) is 43.2 Å². The highest BCUT2D eigenvalue weighted by Gasteiger charge is 2.34. The molecule has 0 amide bonds. The monoisotopic (exact) mass is 510 g/mol. The van der Waals surface area contributed by atoms with Crippen LogP contribution in [0.4, 0.5) is 0 Å². The fourth-order valence-electron chi connectivity index (χ4n) is 6.52. The summed E-state index contributed by atoms with van der Waals surface area (Å²) < 4.78 is 2.05. The normalized spacial score (nSPS) is 18.7. The van der Waals surface area contributed by atoms with Crippen LogP contribution in [0.15, 0.2) is 53.3 Å². The van der Waals surface area contributed by atoms with Crippen LogP contribution in [0.1, 0.15) is 85.1 Å². The number of hydrogen-bond acceptors (Lipinski definition) is 5. The summed E-state index contributed by atoms with van der Waals surface area (Å²) in [5.41, 5.74) is 5.39. The summed E-state index contributed by atoms with van der Waals surface area (Å²) in [5.74, 6) is 1.45. The second-order valence-corrected chi connectivity index (χ2v) is 11.4. The van der Waals surface area contributed by atoms with E-state index in [2.05, 4.69) is 87.8 Å². The first-order valence-corrected chi connectivity index (χ1v) is 14.3. The lowest BCUT2D eigenvalue weighted by Crippen LogP contribution is -2.41. The molecule has 1 atom stereocenters. The standard InChI is InChI=1S/C31H38N6O/c1-21-17-25-20-27(31(38)32-28(25)18-22(21)2)29(30-33-34-35-37(30)26-11-7-4-8-12-26)36-15-13-24(14-16-36)19-23-9-5-3-6-10-23/h3,5-6,9-10,17-18,20,24,26,29H,4,7-8,11-16,19H2,1-2H3,(H,32,38). The largest absolute Gasteiger partial charge is 0.322 e. The van der Waals surface area contributed by atoms with Crippen molar-refractivity contribution in [3.63, 3.8) is 0 Å². The molecule has 1 unspecified atom stereocenters. The number of rotatable bonds is 6. The fraction of sp³-hybridized carbons (Fsp3) is 0.484. The molecule has 2 aromatic carbocycles. The number of benzene rings is 2. The highest BCUT2D eigenvalue weighted by Crippen LogP contribution is 2.35. The van der Waals surface area contributed by atoms with Gasteiger partial charge in [0.2, 0.25) is 0 Å². The molecule has 7 heteroatoms. The lowest BCUT2D eigenvalue weighted by Gasteiger charge is -2.37. The van der Waals surface area contributed by atoms with E-state index < -0.39 is 0 Å². The Morgan fingerprint density at radius 1 is 0.947 bits per heavy atom. The second-order valence-electron chi connectivity index (χ2n) is 11.4. The van der Waals surface area contributed by atoms with Crippen molar-refractivity contribution in [1.82, 2.24) is 30.1 Å². The SMILES string of the molecule is Cc1cc2cc(C(c3nnnn3C3CCCCC3)N3CCC(Cc4ccccc4)CC3)c(=O)[nH]c2cc1C. The van der Waals surface area contributed by atoms with Gasteiger partial charge in [0.05, 0.1) is 6.04 Å². The van der Waals surface area contributed by atoms with Crippen LogP contribution in [-0.2, 0) is 6.42 Å². The van der Waals surface area contributed by atoms with Crippen molar-refractivity contribution in [3.8, 4) is 0 Å². The maximum Gasteiger partial charge on any atom is 0.253 e. The lowest BCUT2D eigenvalue weighted by molar-refractivity contribution is 0.140. The summed E-state index contributed by atoms with van der Waals surface area (Å²) in [5, 5.41) is 14.3. The average molecular weight is 511 g/mol. The third-order valence-corrected chi connectivity index (χ3v) is 8.85. The molecule has 2 fully saturated rings. The van der Waals surface area contributed by atoms with Gasteiger partial charge in [0.1, 0.15) is 6.04 Å². The number of likely N-dealkylation sites (tertiary alicyclic amines) is 1. The third kappa shape index (κ3) is 5.04. The highest BCUT2D eigenvalue weighted by molar-refractivity contribution is 5.81. The smallest absolute Gasteiger partial charge is 0.253 e. The minimum atomic E-state index is -0.264. The summed E-state index contributed by atoms with van der Waals surface area (Å²) >= 11 is 0. The van der Waals surface area contributed by atoms with Gasteiger partial charge in [0.15, 0.2) is 5.82 Å². The molecule has 2 aromatic heterocycles. The van der Waals surface area contributed by atoms with Gasteiger partial charge in [-0.15, -0.1) is 5.10 Å². The zero-order valence-electron chi connectivity index (χ0n) is 22.6. The third-order valence-electron chi connectivity index (χ3n) is 8.85. The second kappa shape index (κ2) is 10.8. The van der Waals surface area contributed by atoms with Gasteiger partial charge in [-0.1, -0.05) is 49.6 Å². The number of aromatic amines is 1. The molecule has 1 saturated carbocycles. The van der Waals surface area contributed by atoms with Gasteiger partial charge in [-0.05, 0) is 116 Å². The quantitative estimate of drug-likeness (QED) is 0.361. The van der Waals surface area contributed by atoms with Crippen molar-refractivity contribution < 1.29 is 0 Å². The molecule has 1 aliphatic heterocycles. The van der Waals surface area contributed by atoms with E-state index in [1.54, 1.807) is 0 Å². The van der Waals surface area contributed by atoms with Gasteiger partial charge in [-0.2, -0.15) is 0 Å². The van der Waals surface area contributed by atoms with E-state index in [-0.39, 0.29) is 11.6 Å². The van der Waals surface area contributed by atoms with E-state index in [4.69, 9.17) is 0 Å². The highest BCUT2D eigenvalue weighted by atomic mass is 16.1. The molecule has 0 spiro atoms. The van der Waals surface area contributed by atoms with Crippen molar-refractivity contribution in [2.45, 2.75) is 77.3 Å². The average Bonchev–Trinajstić information content (AvgIpc) is 3.42. The van der Waals surface area contributed by atoms with E-state index in [1.165, 1.54) is 36.0 Å². The Morgan fingerprint density at radius 2 is 1.68 bits per heavy atom. The maximum absolute atomic E-state index is 13.6. The molecule has 0 bridgehead atoms. The number of aryl methyl sites for hydroxylation is 2. The van der Waals surface area contributed by atoms with Gasteiger partial charge in [0.25, 0.3) is 5.56 Å². The Hall–Kier alpha value is -3.32. The van der Waals surface area contributed by atoms with Crippen molar-refractivity contribution in [2.24, 2.45) is 5.92 Å². The first-order chi connectivity index (χ1) is 18.6. The van der Waals surface area contributed by atoms with Crippen molar-refractivity contribution in [3.05, 3.63) is 87.0 Å². The van der Waals surface area contributed by atoms with E-state index in [1.807, 2.05) is 4.68 Å². The molecule has 7 nitrogen and oxygen atoms in total. The zero-order valence-corrected chi connectivity index (χ0v) is 22.6. The van der Waals surface area contributed by atoms with Crippen LogP contribution in [0, 0.1) is 19.8 Å². The number of fused-ring (bicyclic) bond motifs is 1. The minimum absolute atomic E-state index is 0.0460. The molecular weight excluding hydrogens is 472 g/mol. The molecular formula is C31H38N6O. The number of pyridine rings is 1. The van der Waals surface area contributed by atoms with Gasteiger partial charge >= 0.3 is 0 Å². The predicted molar refractivity (Wildman–Crippen MR) is 150 cm³/mol. The number of tetrazole rings is 1. The Kier molecular flexibility index (Phi) is 7.11. The summed E-state index contributed by atoms with van der Waals surface area (Å²) in [6.45, 7) is 6.05. The summed E-state index contributed by atoms with van der Waals surface area (Å²) in [4.78, 5) is 19.3. The number of piperidine rings is 1. The van der Waals surface area contributed by atoms with Crippen LogP contribution in [0.25, 0.3) is 10.9 Å². The molecule has 1 N–H and O–H groups in total. The summed E-state index contributed by atoms with van der Waals surface area (Å²) in [6, 6.07) is 17.2. The first kappa shape index (κ1) is 25.0. The van der Waals surface area contributed by atoms with Crippen LogP contribution in [0.2, 0.25) is 0 Å². The number of H-pyrrole nitrogens is 1. The number of nitrogens with zero attached hydrogens (tertiary/aromatic N) is 5. The van der Waals surface area contributed by atoms with Gasteiger partial charge < -0.3 is 4.98 Å². The molecule has 1 aliphatic carbocycles. The Balaban J connectivity index is 1.36. The van der Waals surface area contributed by atoms with E-state index >= 15 is 0 Å². The summed E-state index contributed by atoms with van der Waals surface area (Å²) in [6.07, 6.45) is 9.17.